The number of carboxylic acids is 1. The van der Waals surface area contributed by atoms with E-state index >= 15 is 0 Å². The minimum Gasteiger partial charge on any atom is -0.478 e. The fraction of sp³-hybridized carbons (Fsp3) is 0.364. The molecule has 2 heterocycles. The van der Waals surface area contributed by atoms with Crippen LogP contribution in [-0.2, 0) is 0 Å². The summed E-state index contributed by atoms with van der Waals surface area (Å²) in [4.78, 5) is 15.4. The second-order valence-electron chi connectivity index (χ2n) is 4.35. The summed E-state index contributed by atoms with van der Waals surface area (Å²) in [5.41, 5.74) is 0.930. The Labute approximate surface area is 113 Å². The average molecular weight is 277 g/mol. The maximum absolute atomic E-state index is 11.2. The van der Waals surface area contributed by atoms with Crippen molar-refractivity contribution in [3.05, 3.63) is 23.4 Å². The Balaban J connectivity index is 1.95. The highest BCUT2D eigenvalue weighted by atomic mass is 32.2. The van der Waals surface area contributed by atoms with Gasteiger partial charge in [-0.2, -0.15) is 0 Å². The molecule has 98 valence electrons. The zero-order valence-electron chi connectivity index (χ0n) is 10.1. The molecule has 1 N–H and O–H groups in total. The fourth-order valence-electron chi connectivity index (χ4n) is 1.66. The van der Waals surface area contributed by atoms with Gasteiger partial charge in [-0.05, 0) is 54.1 Å². The Morgan fingerprint density at radius 1 is 1.47 bits per heavy atom. The van der Waals surface area contributed by atoms with Gasteiger partial charge in [0, 0.05) is 5.69 Å². The van der Waals surface area contributed by atoms with Gasteiger partial charge >= 0.3 is 5.97 Å². The lowest BCUT2D eigenvalue weighted by Crippen LogP contribution is -2.04. The first-order valence-electron chi connectivity index (χ1n) is 5.82. The predicted molar refractivity (Wildman–Crippen MR) is 66.1 cm³/mol. The topological polar surface area (TPSA) is 93.8 Å². The molecule has 2 aromatic rings. The Morgan fingerprint density at radius 2 is 2.26 bits per heavy atom. The number of tetrazole rings is 1. The minimum absolute atomic E-state index is 0.168. The van der Waals surface area contributed by atoms with Gasteiger partial charge in [-0.1, -0.05) is 0 Å². The second-order valence-corrected chi connectivity index (χ2v) is 5.31. The largest absolute Gasteiger partial charge is 0.478 e. The van der Waals surface area contributed by atoms with Crippen LogP contribution in [0.3, 0.4) is 0 Å². The fourth-order valence-corrected chi connectivity index (χ4v) is 2.65. The van der Waals surface area contributed by atoms with Crippen molar-refractivity contribution in [3.8, 4) is 0 Å². The van der Waals surface area contributed by atoms with Crippen molar-refractivity contribution in [1.82, 2.24) is 25.2 Å². The minimum atomic E-state index is -1.000. The van der Waals surface area contributed by atoms with Crippen molar-refractivity contribution in [3.63, 3.8) is 0 Å². The van der Waals surface area contributed by atoms with Crippen molar-refractivity contribution in [2.75, 3.05) is 0 Å². The average Bonchev–Trinajstić information content (AvgIpc) is 3.10. The Kier molecular flexibility index (Phi) is 2.94. The number of carboxylic acid groups (broad SMARTS) is 1. The highest BCUT2D eigenvalue weighted by Crippen LogP contribution is 2.38. The van der Waals surface area contributed by atoms with E-state index in [1.807, 2.05) is 6.92 Å². The first kappa shape index (κ1) is 12.1. The van der Waals surface area contributed by atoms with Crippen LogP contribution in [0.5, 0.6) is 0 Å². The molecular weight excluding hydrogens is 266 g/mol. The van der Waals surface area contributed by atoms with Gasteiger partial charge in [0.2, 0.25) is 5.16 Å². The summed E-state index contributed by atoms with van der Waals surface area (Å²) in [5, 5.41) is 21.7. The Morgan fingerprint density at radius 3 is 2.95 bits per heavy atom. The summed E-state index contributed by atoms with van der Waals surface area (Å²) in [6.07, 6.45) is 2.12. The van der Waals surface area contributed by atoms with Crippen LogP contribution in [0.25, 0.3) is 0 Å². The molecule has 1 aliphatic rings. The van der Waals surface area contributed by atoms with Crippen LogP contribution in [-0.4, -0.2) is 36.3 Å². The predicted octanol–water partition coefficient (Wildman–Crippen LogP) is 1.56. The van der Waals surface area contributed by atoms with Gasteiger partial charge in [0.05, 0.1) is 11.6 Å². The molecule has 19 heavy (non-hydrogen) atoms. The molecule has 2 aromatic heterocycles. The smallest absolute Gasteiger partial charge is 0.338 e. The lowest BCUT2D eigenvalue weighted by Gasteiger charge is -2.05. The number of hydrogen-bond donors (Lipinski definition) is 1. The SMILES string of the molecule is Cc1ccc(C(=O)O)c(Sc2nnnn2C2CC2)n1. The van der Waals surface area contributed by atoms with Crippen molar-refractivity contribution >= 4 is 17.7 Å². The van der Waals surface area contributed by atoms with Crippen molar-refractivity contribution in [2.45, 2.75) is 36.0 Å². The number of rotatable bonds is 4. The molecule has 1 aliphatic carbocycles. The van der Waals surface area contributed by atoms with E-state index in [1.54, 1.807) is 16.8 Å². The number of aromatic nitrogens is 5. The highest BCUT2D eigenvalue weighted by molar-refractivity contribution is 7.99. The summed E-state index contributed by atoms with van der Waals surface area (Å²) in [6.45, 7) is 1.82. The third kappa shape index (κ3) is 2.43. The summed E-state index contributed by atoms with van der Waals surface area (Å²) in [7, 11) is 0. The summed E-state index contributed by atoms with van der Waals surface area (Å²) in [6, 6.07) is 3.57. The molecule has 1 fully saturated rings. The van der Waals surface area contributed by atoms with Crippen LogP contribution in [0.4, 0.5) is 0 Å². The molecule has 0 radical (unpaired) electrons. The second kappa shape index (κ2) is 4.61. The quantitative estimate of drug-likeness (QED) is 0.906. The highest BCUT2D eigenvalue weighted by Gasteiger charge is 2.28. The molecule has 1 saturated carbocycles. The van der Waals surface area contributed by atoms with Gasteiger partial charge in [0.25, 0.3) is 0 Å². The molecule has 0 bridgehead atoms. The first-order valence-corrected chi connectivity index (χ1v) is 6.63. The zero-order valence-corrected chi connectivity index (χ0v) is 11.0. The van der Waals surface area contributed by atoms with Crippen LogP contribution < -0.4 is 0 Å². The third-order valence-electron chi connectivity index (χ3n) is 2.77. The Bertz CT molecular complexity index is 638. The van der Waals surface area contributed by atoms with E-state index in [4.69, 9.17) is 5.11 Å². The lowest BCUT2D eigenvalue weighted by molar-refractivity contribution is 0.0692. The van der Waals surface area contributed by atoms with Crippen LogP contribution in [0.1, 0.15) is 34.9 Å². The number of aryl methyl sites for hydroxylation is 1. The van der Waals surface area contributed by atoms with Crippen molar-refractivity contribution < 1.29 is 9.90 Å². The molecular formula is C11H11N5O2S. The molecule has 0 spiro atoms. The van der Waals surface area contributed by atoms with Gasteiger partial charge in [-0.25, -0.2) is 14.5 Å². The van der Waals surface area contributed by atoms with Gasteiger partial charge in [0.1, 0.15) is 5.03 Å². The molecule has 0 saturated heterocycles. The molecule has 3 rings (SSSR count). The molecule has 7 nitrogen and oxygen atoms in total. The number of hydrogen-bond acceptors (Lipinski definition) is 6. The lowest BCUT2D eigenvalue weighted by atomic mass is 10.2. The normalized spacial score (nSPS) is 14.6. The molecule has 0 aliphatic heterocycles. The summed E-state index contributed by atoms with van der Waals surface area (Å²) >= 11 is 1.19. The Hall–Kier alpha value is -1.96. The standard InChI is InChI=1S/C11H11N5O2S/c1-6-2-5-8(10(17)18)9(12-6)19-11-13-14-15-16(11)7-3-4-7/h2,5,7H,3-4H2,1H3,(H,17,18). The van der Waals surface area contributed by atoms with Crippen LogP contribution in [0.15, 0.2) is 22.3 Å². The van der Waals surface area contributed by atoms with Crippen molar-refractivity contribution in [2.24, 2.45) is 0 Å². The summed E-state index contributed by atoms with van der Waals surface area (Å²) in [5.74, 6) is -1.000. The number of carbonyl (C=O) groups is 1. The van der Waals surface area contributed by atoms with Gasteiger partial charge < -0.3 is 5.11 Å². The maximum atomic E-state index is 11.2. The molecule has 8 heteroatoms. The van der Waals surface area contributed by atoms with Gasteiger partial charge in [0.15, 0.2) is 0 Å². The molecule has 0 unspecified atom stereocenters. The molecule has 0 amide bonds. The number of nitrogens with zero attached hydrogens (tertiary/aromatic N) is 5. The number of pyridine rings is 1. The molecule has 0 atom stereocenters. The van der Waals surface area contributed by atoms with E-state index in [0.29, 0.717) is 16.2 Å². The van der Waals surface area contributed by atoms with Gasteiger partial charge in [-0.15, -0.1) is 5.10 Å². The molecule has 0 aromatic carbocycles. The van der Waals surface area contributed by atoms with Crippen molar-refractivity contribution in [1.29, 1.82) is 0 Å². The third-order valence-corrected chi connectivity index (χ3v) is 3.73. The van der Waals surface area contributed by atoms with E-state index in [2.05, 4.69) is 20.5 Å². The van der Waals surface area contributed by atoms with Crippen LogP contribution >= 0.6 is 11.8 Å². The van der Waals surface area contributed by atoms with E-state index in [1.165, 1.54) is 11.8 Å². The van der Waals surface area contributed by atoms with E-state index in [0.717, 1.165) is 18.5 Å². The van der Waals surface area contributed by atoms with E-state index in [9.17, 15) is 4.79 Å². The van der Waals surface area contributed by atoms with E-state index in [-0.39, 0.29) is 5.56 Å². The first-order chi connectivity index (χ1) is 9.15. The maximum Gasteiger partial charge on any atom is 0.338 e. The van der Waals surface area contributed by atoms with Gasteiger partial charge in [-0.3, -0.25) is 0 Å². The zero-order chi connectivity index (χ0) is 13.4. The number of aromatic carboxylic acids is 1. The van der Waals surface area contributed by atoms with Crippen LogP contribution in [0, 0.1) is 6.92 Å². The summed E-state index contributed by atoms with van der Waals surface area (Å²) < 4.78 is 1.74. The van der Waals surface area contributed by atoms with E-state index < -0.39 is 5.97 Å². The monoisotopic (exact) mass is 277 g/mol. The van der Waals surface area contributed by atoms with Crippen LogP contribution in [0.2, 0.25) is 0 Å².